The lowest BCUT2D eigenvalue weighted by Crippen LogP contribution is -2.27. The Hall–Kier alpha value is -1.63. The quantitative estimate of drug-likeness (QED) is 0.510. The number of carbonyl (C=O) groups is 1. The molecule has 0 aromatic heterocycles. The number of halogens is 1. The summed E-state index contributed by atoms with van der Waals surface area (Å²) < 4.78 is 12.3. The fraction of sp³-hybridized carbons (Fsp3) is 0.300. The average molecular weight is 259 g/mol. The molecule has 7 heteroatoms. The van der Waals surface area contributed by atoms with Crippen LogP contribution in [0.25, 0.3) is 0 Å². The lowest BCUT2D eigenvalue weighted by molar-refractivity contribution is -0.385. The molecule has 0 saturated heterocycles. The van der Waals surface area contributed by atoms with Crippen LogP contribution in [-0.2, 0) is 4.79 Å². The van der Waals surface area contributed by atoms with Crippen LogP contribution in [0.3, 0.4) is 0 Å². The van der Waals surface area contributed by atoms with E-state index in [9.17, 15) is 19.3 Å². The maximum Gasteiger partial charge on any atom is 0.319 e. The number of nitro benzene ring substituents is 1. The number of thioether (sulfide) groups is 1. The molecule has 1 rings (SSSR count). The summed E-state index contributed by atoms with van der Waals surface area (Å²) in [6.07, 6.45) is 0. The van der Waals surface area contributed by atoms with Crippen LogP contribution >= 0.6 is 11.8 Å². The van der Waals surface area contributed by atoms with Crippen molar-refractivity contribution in [3.05, 3.63) is 34.1 Å². The SMILES string of the molecule is CC(C)(Sc1ccc([N+](=O)[O-])cc1F)C(=O)O. The molecule has 0 saturated carbocycles. The molecule has 92 valence electrons. The lowest BCUT2D eigenvalue weighted by atomic mass is 10.2. The molecule has 0 bridgehead atoms. The third-order valence-corrected chi connectivity index (χ3v) is 3.24. The van der Waals surface area contributed by atoms with Crippen LogP contribution in [0.5, 0.6) is 0 Å². The third-order valence-electron chi connectivity index (χ3n) is 2.01. The monoisotopic (exact) mass is 259 g/mol. The highest BCUT2D eigenvalue weighted by Crippen LogP contribution is 2.35. The number of nitrogens with zero attached hydrogens (tertiary/aromatic N) is 1. The number of hydrogen-bond donors (Lipinski definition) is 1. The first-order valence-corrected chi connectivity index (χ1v) is 5.42. The van der Waals surface area contributed by atoms with E-state index < -0.39 is 21.5 Å². The first kappa shape index (κ1) is 13.4. The molecule has 0 amide bonds. The minimum absolute atomic E-state index is 0.0722. The normalized spacial score (nSPS) is 11.2. The average Bonchev–Trinajstić information content (AvgIpc) is 2.20. The van der Waals surface area contributed by atoms with Gasteiger partial charge >= 0.3 is 5.97 Å². The summed E-state index contributed by atoms with van der Waals surface area (Å²) in [5, 5.41) is 19.3. The Labute approximate surface area is 101 Å². The van der Waals surface area contributed by atoms with E-state index in [-0.39, 0.29) is 10.6 Å². The van der Waals surface area contributed by atoms with Gasteiger partial charge in [-0.15, -0.1) is 11.8 Å². The molecule has 0 aliphatic rings. The molecule has 0 aliphatic carbocycles. The Morgan fingerprint density at radius 3 is 2.53 bits per heavy atom. The van der Waals surface area contributed by atoms with Crippen molar-refractivity contribution in [2.45, 2.75) is 23.5 Å². The predicted molar refractivity (Wildman–Crippen MR) is 60.6 cm³/mol. The van der Waals surface area contributed by atoms with Gasteiger partial charge < -0.3 is 5.11 Å². The molecule has 0 unspecified atom stereocenters. The topological polar surface area (TPSA) is 80.4 Å². The Balaban J connectivity index is 3.02. The van der Waals surface area contributed by atoms with E-state index in [1.54, 1.807) is 0 Å². The van der Waals surface area contributed by atoms with E-state index >= 15 is 0 Å². The Morgan fingerprint density at radius 1 is 1.53 bits per heavy atom. The van der Waals surface area contributed by atoms with Crippen LogP contribution in [0.4, 0.5) is 10.1 Å². The fourth-order valence-corrected chi connectivity index (χ4v) is 1.93. The molecule has 0 spiro atoms. The summed E-state index contributed by atoms with van der Waals surface area (Å²) in [5.74, 6) is -1.88. The number of rotatable bonds is 4. The maximum absolute atomic E-state index is 13.5. The number of aliphatic carboxylic acids is 1. The fourth-order valence-electron chi connectivity index (χ4n) is 1.00. The zero-order valence-corrected chi connectivity index (χ0v) is 9.95. The second-order valence-corrected chi connectivity index (χ2v) is 5.45. The number of benzene rings is 1. The number of carboxylic acids is 1. The highest BCUT2D eigenvalue weighted by Gasteiger charge is 2.30. The molecule has 1 aromatic rings. The van der Waals surface area contributed by atoms with Gasteiger partial charge in [-0.05, 0) is 19.9 Å². The van der Waals surface area contributed by atoms with Gasteiger partial charge in [-0.2, -0.15) is 0 Å². The van der Waals surface area contributed by atoms with Crippen LogP contribution in [0.1, 0.15) is 13.8 Å². The molecule has 5 nitrogen and oxygen atoms in total. The number of hydrogen-bond acceptors (Lipinski definition) is 4. The maximum atomic E-state index is 13.5. The second kappa shape index (κ2) is 4.70. The van der Waals surface area contributed by atoms with Crippen molar-refractivity contribution >= 4 is 23.4 Å². The highest BCUT2D eigenvalue weighted by atomic mass is 32.2. The zero-order chi connectivity index (χ0) is 13.2. The van der Waals surface area contributed by atoms with Gasteiger partial charge in [0.1, 0.15) is 10.6 Å². The van der Waals surface area contributed by atoms with Crippen LogP contribution in [0, 0.1) is 15.9 Å². The highest BCUT2D eigenvalue weighted by molar-refractivity contribution is 8.01. The summed E-state index contributed by atoms with van der Waals surface area (Å²) in [6.45, 7) is 2.86. The van der Waals surface area contributed by atoms with Gasteiger partial charge in [-0.1, -0.05) is 0 Å². The summed E-state index contributed by atoms with van der Waals surface area (Å²) >= 11 is 0.804. The molecule has 0 heterocycles. The minimum Gasteiger partial charge on any atom is -0.480 e. The summed E-state index contributed by atoms with van der Waals surface area (Å²) in [7, 11) is 0. The molecule has 17 heavy (non-hydrogen) atoms. The van der Waals surface area contributed by atoms with Gasteiger partial charge in [-0.25, -0.2) is 4.39 Å². The van der Waals surface area contributed by atoms with Gasteiger partial charge in [0.05, 0.1) is 11.0 Å². The van der Waals surface area contributed by atoms with E-state index in [1.165, 1.54) is 19.9 Å². The van der Waals surface area contributed by atoms with Crippen molar-refractivity contribution in [3.63, 3.8) is 0 Å². The van der Waals surface area contributed by atoms with E-state index in [0.717, 1.165) is 23.9 Å². The first-order chi connectivity index (χ1) is 7.74. The molecule has 0 aliphatic heterocycles. The number of carboxylic acid groups (broad SMARTS) is 1. The van der Waals surface area contributed by atoms with Gasteiger partial charge in [0.2, 0.25) is 0 Å². The largest absolute Gasteiger partial charge is 0.480 e. The Kier molecular flexibility index (Phi) is 3.72. The van der Waals surface area contributed by atoms with Gasteiger partial charge in [-0.3, -0.25) is 14.9 Å². The van der Waals surface area contributed by atoms with Crippen molar-refractivity contribution in [2.75, 3.05) is 0 Å². The van der Waals surface area contributed by atoms with Gasteiger partial charge in [0.25, 0.3) is 5.69 Å². The van der Waals surface area contributed by atoms with Crippen LogP contribution < -0.4 is 0 Å². The zero-order valence-electron chi connectivity index (χ0n) is 9.14. The van der Waals surface area contributed by atoms with Gasteiger partial charge in [0, 0.05) is 11.0 Å². The molecule has 1 N–H and O–H groups in total. The first-order valence-electron chi connectivity index (χ1n) is 4.60. The van der Waals surface area contributed by atoms with Crippen molar-refractivity contribution in [1.82, 2.24) is 0 Å². The summed E-state index contributed by atoms with van der Waals surface area (Å²) in [6, 6.07) is 3.13. The standard InChI is InChI=1S/C10H10FNO4S/c1-10(2,9(13)14)17-8-4-3-6(12(15)16)5-7(8)11/h3-5H,1-2H3,(H,13,14). The number of non-ortho nitro benzene ring substituents is 1. The molecule has 0 radical (unpaired) electrons. The Morgan fingerprint density at radius 2 is 2.12 bits per heavy atom. The van der Waals surface area contributed by atoms with Crippen molar-refractivity contribution in [2.24, 2.45) is 0 Å². The summed E-state index contributed by atoms with van der Waals surface area (Å²) in [5.41, 5.74) is -0.361. The summed E-state index contributed by atoms with van der Waals surface area (Å²) in [4.78, 5) is 20.6. The Bertz CT molecular complexity index is 475. The molecule has 0 atom stereocenters. The number of nitro groups is 1. The molecule has 1 aromatic carbocycles. The second-order valence-electron chi connectivity index (χ2n) is 3.79. The van der Waals surface area contributed by atoms with Crippen LogP contribution in [0.2, 0.25) is 0 Å². The van der Waals surface area contributed by atoms with E-state index in [0.29, 0.717) is 0 Å². The smallest absolute Gasteiger partial charge is 0.319 e. The van der Waals surface area contributed by atoms with E-state index in [1.807, 2.05) is 0 Å². The van der Waals surface area contributed by atoms with Crippen molar-refractivity contribution < 1.29 is 19.2 Å². The lowest BCUT2D eigenvalue weighted by Gasteiger charge is -2.18. The van der Waals surface area contributed by atoms with Crippen molar-refractivity contribution in [3.8, 4) is 0 Å². The molecule has 0 fully saturated rings. The third kappa shape index (κ3) is 3.16. The minimum atomic E-state index is -1.20. The molecular weight excluding hydrogens is 249 g/mol. The predicted octanol–water partition coefficient (Wildman–Crippen LogP) is 2.69. The van der Waals surface area contributed by atoms with Crippen LogP contribution in [0.15, 0.2) is 23.1 Å². The van der Waals surface area contributed by atoms with E-state index in [2.05, 4.69) is 0 Å². The van der Waals surface area contributed by atoms with E-state index in [4.69, 9.17) is 5.11 Å². The molecular formula is C10H10FNO4S. The van der Waals surface area contributed by atoms with Gasteiger partial charge in [0.15, 0.2) is 0 Å². The van der Waals surface area contributed by atoms with Crippen LogP contribution in [-0.4, -0.2) is 20.7 Å². The van der Waals surface area contributed by atoms with Crippen molar-refractivity contribution in [1.29, 1.82) is 0 Å².